The van der Waals surface area contributed by atoms with Crippen LogP contribution in [0.15, 0.2) is 18.2 Å². The van der Waals surface area contributed by atoms with Crippen LogP contribution in [0.2, 0.25) is 5.02 Å². The minimum absolute atomic E-state index is 0.254. The fourth-order valence-corrected chi connectivity index (χ4v) is 2.33. The van der Waals surface area contributed by atoms with E-state index in [0.29, 0.717) is 12.1 Å². The van der Waals surface area contributed by atoms with E-state index >= 15 is 0 Å². The normalized spacial score (nSPS) is 12.5. The lowest BCUT2D eigenvalue weighted by molar-refractivity contribution is -0.143. The van der Waals surface area contributed by atoms with E-state index in [9.17, 15) is 9.18 Å². The number of esters is 1. The second kappa shape index (κ2) is 8.97. The lowest BCUT2D eigenvalue weighted by Gasteiger charge is -2.21. The first-order valence-corrected chi connectivity index (χ1v) is 7.39. The summed E-state index contributed by atoms with van der Waals surface area (Å²) in [5, 5.41) is 3.35. The Kier molecular flexibility index (Phi) is 7.64. The van der Waals surface area contributed by atoms with Crippen LogP contribution in [0.25, 0.3) is 0 Å². The van der Waals surface area contributed by atoms with Crippen molar-refractivity contribution in [3.05, 3.63) is 34.6 Å². The zero-order valence-corrected chi connectivity index (χ0v) is 13.4. The molecule has 1 rings (SSSR count). The first kappa shape index (κ1) is 17.9. The lowest BCUT2D eigenvalue weighted by Crippen LogP contribution is -2.36. The van der Waals surface area contributed by atoms with E-state index in [1.54, 1.807) is 6.07 Å². The molecule has 1 unspecified atom stereocenters. The van der Waals surface area contributed by atoms with E-state index in [4.69, 9.17) is 16.3 Å². The topological polar surface area (TPSA) is 41.6 Å². The van der Waals surface area contributed by atoms with Crippen molar-refractivity contribution in [2.45, 2.75) is 19.9 Å². The van der Waals surface area contributed by atoms with Crippen LogP contribution in [0.1, 0.15) is 25.5 Å². The predicted octanol–water partition coefficient (Wildman–Crippen LogP) is 2.62. The number of likely N-dealkylation sites (N-methyl/N-ethyl adjacent to an activating group) is 1. The Bertz CT molecular complexity index is 447. The van der Waals surface area contributed by atoms with Crippen LogP contribution in [-0.2, 0) is 9.53 Å². The molecule has 0 aliphatic rings. The molecule has 1 aromatic carbocycles. The van der Waals surface area contributed by atoms with Crippen LogP contribution >= 0.6 is 11.6 Å². The van der Waals surface area contributed by atoms with Crippen molar-refractivity contribution in [1.29, 1.82) is 0 Å². The molecule has 4 nitrogen and oxygen atoms in total. The van der Waals surface area contributed by atoms with E-state index in [1.807, 2.05) is 0 Å². The summed E-state index contributed by atoms with van der Waals surface area (Å²) in [5.74, 6) is -0.937. The molecule has 0 radical (unpaired) electrons. The van der Waals surface area contributed by atoms with Crippen LogP contribution in [0.4, 0.5) is 4.39 Å². The van der Waals surface area contributed by atoms with Crippen molar-refractivity contribution in [2.24, 2.45) is 0 Å². The Morgan fingerprint density at radius 1 is 1.38 bits per heavy atom. The highest BCUT2D eigenvalue weighted by atomic mass is 35.5. The molecule has 0 saturated heterocycles. The summed E-state index contributed by atoms with van der Waals surface area (Å²) in [6.45, 7) is 7.42. The number of methoxy groups -OCH3 is 1. The molecule has 118 valence electrons. The van der Waals surface area contributed by atoms with Crippen LogP contribution in [-0.4, -0.2) is 44.2 Å². The Morgan fingerprint density at radius 2 is 2.05 bits per heavy atom. The summed E-state index contributed by atoms with van der Waals surface area (Å²) in [6.07, 6.45) is 0. The number of carbonyl (C=O) groups excluding carboxylic acids is 1. The van der Waals surface area contributed by atoms with Crippen LogP contribution in [0, 0.1) is 5.82 Å². The fourth-order valence-electron chi connectivity index (χ4n) is 2.10. The van der Waals surface area contributed by atoms with Crippen LogP contribution < -0.4 is 5.32 Å². The van der Waals surface area contributed by atoms with Gasteiger partial charge in [0.05, 0.1) is 7.11 Å². The molecule has 0 fully saturated rings. The molecule has 1 N–H and O–H groups in total. The smallest absolute Gasteiger partial charge is 0.327 e. The molecule has 0 spiro atoms. The minimum Gasteiger partial charge on any atom is -0.468 e. The number of nitrogens with zero attached hydrogens (tertiary/aromatic N) is 1. The number of carbonyl (C=O) groups is 1. The zero-order valence-electron chi connectivity index (χ0n) is 12.7. The SMILES string of the molecule is CCN(CC)CCNC(C(=O)OC)c1cc(F)cc(Cl)c1. The molecular weight excluding hydrogens is 295 g/mol. The van der Waals surface area contributed by atoms with E-state index in [-0.39, 0.29) is 5.02 Å². The van der Waals surface area contributed by atoms with E-state index < -0.39 is 17.8 Å². The van der Waals surface area contributed by atoms with Gasteiger partial charge >= 0.3 is 5.97 Å². The number of benzene rings is 1. The standard InChI is InChI=1S/C15H22ClFN2O2/c1-4-19(5-2)7-6-18-14(15(20)21-3)11-8-12(16)10-13(17)9-11/h8-10,14,18H,4-7H2,1-3H3. The summed E-state index contributed by atoms with van der Waals surface area (Å²) >= 11 is 5.84. The lowest BCUT2D eigenvalue weighted by atomic mass is 10.1. The summed E-state index contributed by atoms with van der Waals surface area (Å²) in [7, 11) is 1.31. The monoisotopic (exact) mass is 316 g/mol. The van der Waals surface area contributed by atoms with E-state index in [1.165, 1.54) is 19.2 Å². The van der Waals surface area contributed by atoms with Crippen LogP contribution in [0.3, 0.4) is 0 Å². The first-order chi connectivity index (χ1) is 10.0. The second-order valence-electron chi connectivity index (χ2n) is 4.64. The quantitative estimate of drug-likeness (QED) is 0.749. The highest BCUT2D eigenvalue weighted by Crippen LogP contribution is 2.21. The van der Waals surface area contributed by atoms with Gasteiger partial charge in [0.1, 0.15) is 11.9 Å². The third-order valence-electron chi connectivity index (χ3n) is 3.33. The maximum absolute atomic E-state index is 13.4. The van der Waals surface area contributed by atoms with Crippen molar-refractivity contribution in [3.63, 3.8) is 0 Å². The van der Waals surface area contributed by atoms with Gasteiger partial charge in [0, 0.05) is 18.1 Å². The van der Waals surface area contributed by atoms with Gasteiger partial charge in [-0.3, -0.25) is 5.32 Å². The molecule has 0 aromatic heterocycles. The van der Waals surface area contributed by atoms with Gasteiger partial charge in [-0.1, -0.05) is 25.4 Å². The van der Waals surface area contributed by atoms with E-state index in [2.05, 4.69) is 24.1 Å². The van der Waals surface area contributed by atoms with E-state index in [0.717, 1.165) is 19.6 Å². The number of ether oxygens (including phenoxy) is 1. The summed E-state index contributed by atoms with van der Waals surface area (Å²) in [5.41, 5.74) is 0.464. The first-order valence-electron chi connectivity index (χ1n) is 7.01. The minimum atomic E-state index is -0.723. The summed E-state index contributed by atoms with van der Waals surface area (Å²) in [6, 6.07) is 3.34. The Balaban J connectivity index is 2.79. The molecular formula is C15H22ClFN2O2. The number of hydrogen-bond acceptors (Lipinski definition) is 4. The van der Waals surface area contributed by atoms with Crippen molar-refractivity contribution >= 4 is 17.6 Å². The van der Waals surface area contributed by atoms with Gasteiger partial charge in [-0.25, -0.2) is 9.18 Å². The number of nitrogens with one attached hydrogen (secondary N) is 1. The largest absolute Gasteiger partial charge is 0.468 e. The summed E-state index contributed by atoms with van der Waals surface area (Å²) < 4.78 is 18.2. The maximum Gasteiger partial charge on any atom is 0.327 e. The average molecular weight is 317 g/mol. The highest BCUT2D eigenvalue weighted by molar-refractivity contribution is 6.30. The van der Waals surface area contributed by atoms with Gasteiger partial charge in [-0.05, 0) is 36.9 Å². The summed E-state index contributed by atoms with van der Waals surface area (Å²) in [4.78, 5) is 14.1. The van der Waals surface area contributed by atoms with Gasteiger partial charge in [0.15, 0.2) is 0 Å². The Morgan fingerprint density at radius 3 is 2.57 bits per heavy atom. The molecule has 0 aliphatic heterocycles. The zero-order chi connectivity index (χ0) is 15.8. The van der Waals surface area contributed by atoms with Gasteiger partial charge in [0.2, 0.25) is 0 Å². The third-order valence-corrected chi connectivity index (χ3v) is 3.54. The molecule has 0 aliphatic carbocycles. The van der Waals surface area contributed by atoms with Crippen molar-refractivity contribution in [3.8, 4) is 0 Å². The molecule has 1 atom stereocenters. The molecule has 21 heavy (non-hydrogen) atoms. The van der Waals surface area contributed by atoms with Crippen molar-refractivity contribution < 1.29 is 13.9 Å². The average Bonchev–Trinajstić information content (AvgIpc) is 2.45. The van der Waals surface area contributed by atoms with Crippen molar-refractivity contribution in [2.75, 3.05) is 33.3 Å². The molecule has 6 heteroatoms. The van der Waals surface area contributed by atoms with Gasteiger partial charge in [-0.15, -0.1) is 0 Å². The molecule has 0 heterocycles. The fraction of sp³-hybridized carbons (Fsp3) is 0.533. The molecule has 0 saturated carbocycles. The van der Waals surface area contributed by atoms with Gasteiger partial charge < -0.3 is 9.64 Å². The predicted molar refractivity (Wildman–Crippen MR) is 82.0 cm³/mol. The Labute approximate surface area is 130 Å². The Hall–Kier alpha value is -1.17. The number of rotatable bonds is 8. The van der Waals surface area contributed by atoms with Gasteiger partial charge in [0.25, 0.3) is 0 Å². The number of halogens is 2. The van der Waals surface area contributed by atoms with Gasteiger partial charge in [-0.2, -0.15) is 0 Å². The van der Waals surface area contributed by atoms with Crippen molar-refractivity contribution in [1.82, 2.24) is 10.2 Å². The third kappa shape index (κ3) is 5.61. The number of hydrogen-bond donors (Lipinski definition) is 1. The second-order valence-corrected chi connectivity index (χ2v) is 5.08. The molecule has 0 bridgehead atoms. The van der Waals surface area contributed by atoms with Crippen LogP contribution in [0.5, 0.6) is 0 Å². The highest BCUT2D eigenvalue weighted by Gasteiger charge is 2.22. The maximum atomic E-state index is 13.4. The molecule has 0 amide bonds. The molecule has 1 aromatic rings.